The molecule has 0 aliphatic heterocycles. The van der Waals surface area contributed by atoms with Gasteiger partial charge in [0.15, 0.2) is 5.65 Å². The zero-order valence-corrected chi connectivity index (χ0v) is 13.8. The third kappa shape index (κ3) is 3.10. The first-order chi connectivity index (χ1) is 10.1. The molecule has 2 aromatic heterocycles. The first kappa shape index (κ1) is 14.5. The van der Waals surface area contributed by atoms with Gasteiger partial charge in [0.2, 0.25) is 0 Å². The summed E-state index contributed by atoms with van der Waals surface area (Å²) in [6.45, 7) is 2.80. The summed E-state index contributed by atoms with van der Waals surface area (Å²) >= 11 is 9.60. The van der Waals surface area contributed by atoms with E-state index in [1.807, 2.05) is 41.1 Å². The van der Waals surface area contributed by atoms with E-state index in [4.69, 9.17) is 11.6 Å². The van der Waals surface area contributed by atoms with Gasteiger partial charge in [-0.2, -0.15) is 0 Å². The zero-order chi connectivity index (χ0) is 14.8. The highest BCUT2D eigenvalue weighted by Gasteiger charge is 2.10. The Bertz CT molecular complexity index is 771. The minimum Gasteiger partial charge on any atom is -0.305 e. The Morgan fingerprint density at radius 1 is 1.29 bits per heavy atom. The van der Waals surface area contributed by atoms with Crippen LogP contribution < -0.4 is 5.32 Å². The minimum absolute atomic E-state index is 0.162. The number of hydrogen-bond acceptors (Lipinski definition) is 3. The summed E-state index contributed by atoms with van der Waals surface area (Å²) in [6, 6.07) is 8.04. The largest absolute Gasteiger partial charge is 0.305 e. The average molecular weight is 366 g/mol. The lowest BCUT2D eigenvalue weighted by molar-refractivity contribution is 0.566. The van der Waals surface area contributed by atoms with E-state index in [1.165, 1.54) is 0 Å². The highest BCUT2D eigenvalue weighted by Crippen LogP contribution is 2.22. The molecule has 1 atom stereocenters. The second kappa shape index (κ2) is 6.13. The molecule has 2 heterocycles. The predicted octanol–water partition coefficient (Wildman–Crippen LogP) is 4.00. The van der Waals surface area contributed by atoms with Crippen molar-refractivity contribution < 1.29 is 0 Å². The van der Waals surface area contributed by atoms with Gasteiger partial charge < -0.3 is 5.32 Å². The molecule has 108 valence electrons. The van der Waals surface area contributed by atoms with Crippen LogP contribution in [0.4, 0.5) is 0 Å². The summed E-state index contributed by atoms with van der Waals surface area (Å²) in [5.74, 6) is 0. The fourth-order valence-corrected chi connectivity index (χ4v) is 2.85. The monoisotopic (exact) mass is 364 g/mol. The van der Waals surface area contributed by atoms with E-state index in [0.29, 0.717) is 6.54 Å². The molecule has 6 heteroatoms. The van der Waals surface area contributed by atoms with E-state index in [1.54, 1.807) is 6.20 Å². The summed E-state index contributed by atoms with van der Waals surface area (Å²) < 4.78 is 2.80. The number of rotatable bonds is 4. The molecule has 3 aromatic rings. The Balaban J connectivity index is 1.77. The minimum atomic E-state index is 0.162. The van der Waals surface area contributed by atoms with Crippen molar-refractivity contribution in [2.75, 3.05) is 0 Å². The van der Waals surface area contributed by atoms with E-state index in [2.05, 4.69) is 38.1 Å². The van der Waals surface area contributed by atoms with Crippen LogP contribution in [0.3, 0.4) is 0 Å². The van der Waals surface area contributed by atoms with Gasteiger partial charge in [0.25, 0.3) is 0 Å². The van der Waals surface area contributed by atoms with Gasteiger partial charge in [-0.05, 0) is 34.5 Å². The van der Waals surface area contributed by atoms with Crippen LogP contribution in [0.1, 0.15) is 24.2 Å². The Hall–Kier alpha value is -1.43. The van der Waals surface area contributed by atoms with Crippen LogP contribution in [0.2, 0.25) is 5.02 Å². The van der Waals surface area contributed by atoms with Crippen molar-refractivity contribution in [1.29, 1.82) is 0 Å². The summed E-state index contributed by atoms with van der Waals surface area (Å²) in [7, 11) is 0. The van der Waals surface area contributed by atoms with Crippen LogP contribution in [0.5, 0.6) is 0 Å². The molecule has 0 radical (unpaired) electrons. The van der Waals surface area contributed by atoms with Crippen molar-refractivity contribution in [2.24, 2.45) is 0 Å². The quantitative estimate of drug-likeness (QED) is 0.760. The molecule has 0 bridgehead atoms. The molecule has 0 saturated heterocycles. The van der Waals surface area contributed by atoms with Gasteiger partial charge in [0, 0.05) is 23.8 Å². The molecule has 0 fully saturated rings. The number of fused-ring (bicyclic) bond motifs is 1. The summed E-state index contributed by atoms with van der Waals surface area (Å²) in [5, 5.41) is 4.25. The smallest absolute Gasteiger partial charge is 0.155 e. The van der Waals surface area contributed by atoms with Gasteiger partial charge in [0.1, 0.15) is 4.60 Å². The predicted molar refractivity (Wildman–Crippen MR) is 87.4 cm³/mol. The third-order valence-electron chi connectivity index (χ3n) is 3.40. The lowest BCUT2D eigenvalue weighted by Gasteiger charge is -2.15. The van der Waals surface area contributed by atoms with Gasteiger partial charge >= 0.3 is 0 Å². The molecular weight excluding hydrogens is 352 g/mol. The Morgan fingerprint density at radius 3 is 2.90 bits per heavy atom. The van der Waals surface area contributed by atoms with Crippen molar-refractivity contribution in [2.45, 2.75) is 19.5 Å². The van der Waals surface area contributed by atoms with Crippen molar-refractivity contribution in [1.82, 2.24) is 19.7 Å². The molecular formula is C15H14BrClN4. The Morgan fingerprint density at radius 2 is 2.10 bits per heavy atom. The van der Waals surface area contributed by atoms with Crippen molar-refractivity contribution in [3.05, 3.63) is 63.7 Å². The standard InChI is InChI=1S/C15H14BrClN4/c1-10(12-4-2-3-5-13(12)17)18-6-11-7-20-15-8-19-14(16)9-21(11)15/h2-5,7-10,18H,6H2,1H3/t10-/m1/s1. The van der Waals surface area contributed by atoms with Gasteiger partial charge in [-0.1, -0.05) is 29.8 Å². The van der Waals surface area contributed by atoms with E-state index >= 15 is 0 Å². The maximum atomic E-state index is 6.22. The van der Waals surface area contributed by atoms with Gasteiger partial charge in [-0.15, -0.1) is 0 Å². The van der Waals surface area contributed by atoms with E-state index < -0.39 is 0 Å². The van der Waals surface area contributed by atoms with Crippen molar-refractivity contribution in [3.8, 4) is 0 Å². The molecule has 0 unspecified atom stereocenters. The van der Waals surface area contributed by atoms with E-state index in [0.717, 1.165) is 26.5 Å². The molecule has 4 nitrogen and oxygen atoms in total. The molecule has 0 aliphatic carbocycles. The fraction of sp³-hybridized carbons (Fsp3) is 0.200. The average Bonchev–Trinajstić information content (AvgIpc) is 2.87. The van der Waals surface area contributed by atoms with Crippen molar-refractivity contribution >= 4 is 33.2 Å². The molecule has 1 aromatic carbocycles. The molecule has 1 N–H and O–H groups in total. The van der Waals surface area contributed by atoms with Crippen LogP contribution in [-0.4, -0.2) is 14.4 Å². The van der Waals surface area contributed by atoms with Crippen LogP contribution in [0.25, 0.3) is 5.65 Å². The number of nitrogens with one attached hydrogen (secondary N) is 1. The number of nitrogens with zero attached hydrogens (tertiary/aromatic N) is 3. The second-order valence-corrected chi connectivity index (χ2v) is 6.03. The second-order valence-electron chi connectivity index (χ2n) is 4.81. The zero-order valence-electron chi connectivity index (χ0n) is 11.4. The van der Waals surface area contributed by atoms with Crippen LogP contribution in [0, 0.1) is 0 Å². The maximum Gasteiger partial charge on any atom is 0.155 e. The van der Waals surface area contributed by atoms with Gasteiger partial charge in [-0.3, -0.25) is 4.40 Å². The highest BCUT2D eigenvalue weighted by molar-refractivity contribution is 9.10. The first-order valence-corrected chi connectivity index (χ1v) is 7.77. The number of benzene rings is 1. The molecule has 0 spiro atoms. The van der Waals surface area contributed by atoms with Crippen molar-refractivity contribution in [3.63, 3.8) is 0 Å². The number of aromatic nitrogens is 3. The number of hydrogen-bond donors (Lipinski definition) is 1. The number of halogens is 2. The van der Waals surface area contributed by atoms with Gasteiger partial charge in [0.05, 0.1) is 18.1 Å². The SMILES string of the molecule is C[C@@H](NCc1cnc2cnc(Br)cn12)c1ccccc1Cl. The van der Waals surface area contributed by atoms with Crippen LogP contribution >= 0.6 is 27.5 Å². The lowest BCUT2D eigenvalue weighted by Crippen LogP contribution is -2.19. The summed E-state index contributed by atoms with van der Waals surface area (Å²) in [4.78, 5) is 8.51. The Kier molecular flexibility index (Phi) is 4.24. The molecule has 0 saturated carbocycles. The van der Waals surface area contributed by atoms with Crippen LogP contribution in [0.15, 0.2) is 47.5 Å². The first-order valence-electron chi connectivity index (χ1n) is 6.60. The third-order valence-corrected chi connectivity index (χ3v) is 4.16. The normalized spacial score (nSPS) is 12.7. The van der Waals surface area contributed by atoms with Gasteiger partial charge in [-0.25, -0.2) is 9.97 Å². The summed E-state index contributed by atoms with van der Waals surface area (Å²) in [6.07, 6.45) is 5.51. The molecule has 0 aliphatic rings. The molecule has 21 heavy (non-hydrogen) atoms. The maximum absolute atomic E-state index is 6.22. The topological polar surface area (TPSA) is 42.2 Å². The molecule has 0 amide bonds. The fourth-order valence-electron chi connectivity index (χ4n) is 2.24. The molecule has 3 rings (SSSR count). The Labute approximate surface area is 136 Å². The van der Waals surface area contributed by atoms with E-state index in [9.17, 15) is 0 Å². The highest BCUT2D eigenvalue weighted by atomic mass is 79.9. The lowest BCUT2D eigenvalue weighted by atomic mass is 10.1. The summed E-state index contributed by atoms with van der Waals surface area (Å²) in [5.41, 5.74) is 3.00. The number of imidazole rings is 1. The van der Waals surface area contributed by atoms with Crippen LogP contribution in [-0.2, 0) is 6.54 Å². The van der Waals surface area contributed by atoms with E-state index in [-0.39, 0.29) is 6.04 Å².